The third-order valence-electron chi connectivity index (χ3n) is 3.62. The van der Waals surface area contributed by atoms with Gasteiger partial charge in [-0.25, -0.2) is 0 Å². The number of hydrogen-bond acceptors (Lipinski definition) is 4. The first-order chi connectivity index (χ1) is 9.83. The summed E-state index contributed by atoms with van der Waals surface area (Å²) in [5, 5.41) is 18.7. The Morgan fingerprint density at radius 3 is 2.95 bits per heavy atom. The zero-order valence-corrected chi connectivity index (χ0v) is 11.4. The van der Waals surface area contributed by atoms with Crippen LogP contribution in [0.2, 0.25) is 0 Å². The molecule has 2 aromatic rings. The van der Waals surface area contributed by atoms with Crippen molar-refractivity contribution in [3.63, 3.8) is 0 Å². The Morgan fingerprint density at radius 2 is 2.20 bits per heavy atom. The molecule has 1 aliphatic rings. The summed E-state index contributed by atoms with van der Waals surface area (Å²) in [6, 6.07) is 9.69. The number of aliphatic hydroxyl groups is 1. The molecule has 0 saturated carbocycles. The number of rotatable bonds is 5. The maximum absolute atomic E-state index is 10.2. The summed E-state index contributed by atoms with van der Waals surface area (Å²) in [5.74, 6) is 0. The average molecular weight is 273 g/mol. The lowest BCUT2D eigenvalue weighted by molar-refractivity contribution is 0.0801. The van der Waals surface area contributed by atoms with E-state index in [1.807, 2.05) is 30.3 Å². The highest BCUT2D eigenvalue weighted by molar-refractivity contribution is 5.28. The van der Waals surface area contributed by atoms with Gasteiger partial charge in [0.1, 0.15) is 5.69 Å². The van der Waals surface area contributed by atoms with Gasteiger partial charge in [0.25, 0.3) is 0 Å². The second kappa shape index (κ2) is 6.15. The summed E-state index contributed by atoms with van der Waals surface area (Å²) in [5.41, 5.74) is 1.51. The standard InChI is InChI=1S/C15H19N3O2/c19-15(9-8-13-7-4-10-20-13)14-11-16-18(17-14)12-5-2-1-3-6-12/h1-3,5-6,11,13,15,19H,4,7-10H2. The number of para-hydroxylation sites is 1. The highest BCUT2D eigenvalue weighted by Gasteiger charge is 2.19. The van der Waals surface area contributed by atoms with Crippen LogP contribution in [0.1, 0.15) is 37.5 Å². The van der Waals surface area contributed by atoms with Gasteiger partial charge in [-0.3, -0.25) is 0 Å². The Kier molecular flexibility index (Phi) is 4.08. The van der Waals surface area contributed by atoms with Gasteiger partial charge in [-0.2, -0.15) is 15.0 Å². The maximum atomic E-state index is 10.2. The highest BCUT2D eigenvalue weighted by atomic mass is 16.5. The van der Waals surface area contributed by atoms with Gasteiger partial charge in [0, 0.05) is 6.61 Å². The van der Waals surface area contributed by atoms with Crippen LogP contribution in [0.5, 0.6) is 0 Å². The maximum Gasteiger partial charge on any atom is 0.112 e. The molecule has 1 aromatic heterocycles. The number of benzene rings is 1. The van der Waals surface area contributed by atoms with Gasteiger partial charge in [0.05, 0.1) is 24.1 Å². The summed E-state index contributed by atoms with van der Waals surface area (Å²) in [6.45, 7) is 0.852. The SMILES string of the molecule is OC(CCC1CCCO1)c1cnn(-c2ccccc2)n1. The minimum absolute atomic E-state index is 0.300. The van der Waals surface area contributed by atoms with Crippen LogP contribution < -0.4 is 0 Å². The molecule has 1 saturated heterocycles. The summed E-state index contributed by atoms with van der Waals surface area (Å²) in [7, 11) is 0. The van der Waals surface area contributed by atoms with Crippen LogP contribution in [0.4, 0.5) is 0 Å². The Hall–Kier alpha value is -1.72. The molecule has 5 heteroatoms. The molecule has 2 unspecified atom stereocenters. The second-order valence-electron chi connectivity index (χ2n) is 5.12. The van der Waals surface area contributed by atoms with Crippen LogP contribution in [0, 0.1) is 0 Å². The molecule has 1 aliphatic heterocycles. The van der Waals surface area contributed by atoms with E-state index >= 15 is 0 Å². The second-order valence-corrected chi connectivity index (χ2v) is 5.12. The monoisotopic (exact) mass is 273 g/mol. The van der Waals surface area contributed by atoms with E-state index in [9.17, 15) is 5.11 Å². The smallest absolute Gasteiger partial charge is 0.112 e. The first-order valence-electron chi connectivity index (χ1n) is 7.10. The Labute approximate surface area is 118 Å². The largest absolute Gasteiger partial charge is 0.387 e. The molecule has 2 heterocycles. The molecule has 1 fully saturated rings. The van der Waals surface area contributed by atoms with Crippen LogP contribution in [0.3, 0.4) is 0 Å². The predicted molar refractivity (Wildman–Crippen MR) is 74.5 cm³/mol. The van der Waals surface area contributed by atoms with Gasteiger partial charge in [-0.05, 0) is 37.8 Å². The summed E-state index contributed by atoms with van der Waals surface area (Å²) < 4.78 is 5.56. The van der Waals surface area contributed by atoms with E-state index in [1.165, 1.54) is 0 Å². The number of ether oxygens (including phenoxy) is 1. The zero-order valence-electron chi connectivity index (χ0n) is 11.4. The molecule has 5 nitrogen and oxygen atoms in total. The number of hydrogen-bond donors (Lipinski definition) is 1. The molecular weight excluding hydrogens is 254 g/mol. The Bertz CT molecular complexity index is 535. The predicted octanol–water partition coefficient (Wildman–Crippen LogP) is 2.26. The van der Waals surface area contributed by atoms with Crippen LogP contribution in [0.15, 0.2) is 36.5 Å². The molecule has 3 rings (SSSR count). The van der Waals surface area contributed by atoms with Crippen LogP contribution in [-0.2, 0) is 4.74 Å². The van der Waals surface area contributed by atoms with Crippen molar-refractivity contribution in [2.75, 3.05) is 6.61 Å². The molecule has 0 spiro atoms. The molecule has 0 radical (unpaired) electrons. The van der Waals surface area contributed by atoms with Gasteiger partial charge in [-0.1, -0.05) is 18.2 Å². The summed E-state index contributed by atoms with van der Waals surface area (Å²) in [6.07, 6.45) is 5.13. The zero-order chi connectivity index (χ0) is 13.8. The quantitative estimate of drug-likeness (QED) is 0.907. The fraction of sp³-hybridized carbons (Fsp3) is 0.467. The minimum Gasteiger partial charge on any atom is -0.387 e. The van der Waals surface area contributed by atoms with E-state index in [0.717, 1.165) is 31.6 Å². The topological polar surface area (TPSA) is 60.2 Å². The van der Waals surface area contributed by atoms with Crippen LogP contribution in [-0.4, -0.2) is 32.8 Å². The normalized spacial score (nSPS) is 20.1. The molecule has 106 valence electrons. The molecule has 0 aliphatic carbocycles. The van der Waals surface area contributed by atoms with Crippen molar-refractivity contribution < 1.29 is 9.84 Å². The molecule has 1 N–H and O–H groups in total. The van der Waals surface area contributed by atoms with Crippen LogP contribution in [0.25, 0.3) is 5.69 Å². The van der Waals surface area contributed by atoms with E-state index in [2.05, 4.69) is 10.2 Å². The van der Waals surface area contributed by atoms with Crippen molar-refractivity contribution in [3.05, 3.63) is 42.2 Å². The lowest BCUT2D eigenvalue weighted by atomic mass is 10.1. The summed E-state index contributed by atoms with van der Waals surface area (Å²) >= 11 is 0. The Morgan fingerprint density at radius 1 is 1.35 bits per heavy atom. The van der Waals surface area contributed by atoms with Crippen molar-refractivity contribution in [2.24, 2.45) is 0 Å². The number of aliphatic hydroxyl groups excluding tert-OH is 1. The first-order valence-corrected chi connectivity index (χ1v) is 7.10. The molecule has 1 aromatic carbocycles. The van der Waals surface area contributed by atoms with Gasteiger partial charge in [0.2, 0.25) is 0 Å². The van der Waals surface area contributed by atoms with Crippen molar-refractivity contribution in [2.45, 2.75) is 37.9 Å². The molecule has 20 heavy (non-hydrogen) atoms. The van der Waals surface area contributed by atoms with E-state index in [4.69, 9.17) is 4.74 Å². The lowest BCUT2D eigenvalue weighted by Crippen LogP contribution is -2.08. The van der Waals surface area contributed by atoms with Crippen molar-refractivity contribution in [1.82, 2.24) is 15.0 Å². The molecule has 0 bridgehead atoms. The molecular formula is C15H19N3O2. The lowest BCUT2D eigenvalue weighted by Gasteiger charge is -2.11. The molecule has 2 atom stereocenters. The number of aromatic nitrogens is 3. The Balaban J connectivity index is 1.61. The third-order valence-corrected chi connectivity index (χ3v) is 3.62. The fourth-order valence-electron chi connectivity index (χ4n) is 2.48. The first kappa shape index (κ1) is 13.3. The van der Waals surface area contributed by atoms with Gasteiger partial charge < -0.3 is 9.84 Å². The van der Waals surface area contributed by atoms with E-state index in [1.54, 1.807) is 11.0 Å². The summed E-state index contributed by atoms with van der Waals surface area (Å²) in [4.78, 5) is 1.55. The third kappa shape index (κ3) is 3.05. The van der Waals surface area contributed by atoms with E-state index in [-0.39, 0.29) is 0 Å². The molecule has 0 amide bonds. The van der Waals surface area contributed by atoms with Gasteiger partial charge in [0.15, 0.2) is 0 Å². The van der Waals surface area contributed by atoms with Crippen molar-refractivity contribution in [3.8, 4) is 5.69 Å². The fourth-order valence-corrected chi connectivity index (χ4v) is 2.48. The average Bonchev–Trinajstić information content (AvgIpc) is 3.17. The number of nitrogens with zero attached hydrogens (tertiary/aromatic N) is 3. The minimum atomic E-state index is -0.573. The van der Waals surface area contributed by atoms with Crippen LogP contribution >= 0.6 is 0 Å². The van der Waals surface area contributed by atoms with Gasteiger partial charge >= 0.3 is 0 Å². The van der Waals surface area contributed by atoms with E-state index in [0.29, 0.717) is 18.2 Å². The van der Waals surface area contributed by atoms with Crippen molar-refractivity contribution in [1.29, 1.82) is 0 Å². The van der Waals surface area contributed by atoms with Gasteiger partial charge in [-0.15, -0.1) is 0 Å². The van der Waals surface area contributed by atoms with E-state index < -0.39 is 6.10 Å². The van der Waals surface area contributed by atoms with Crippen molar-refractivity contribution >= 4 is 0 Å². The highest BCUT2D eigenvalue weighted by Crippen LogP contribution is 2.22.